The predicted molar refractivity (Wildman–Crippen MR) is 119 cm³/mol. The van der Waals surface area contributed by atoms with Crippen LogP contribution in [0.4, 0.5) is 9.52 Å². The molecule has 1 amide bonds. The highest BCUT2D eigenvalue weighted by Crippen LogP contribution is 2.30. The first-order chi connectivity index (χ1) is 15.1. The van der Waals surface area contributed by atoms with Gasteiger partial charge >= 0.3 is 0 Å². The number of sulfone groups is 1. The molecule has 2 heterocycles. The Labute approximate surface area is 189 Å². The molecule has 2 aromatic carbocycles. The van der Waals surface area contributed by atoms with Crippen LogP contribution in [0.1, 0.15) is 12.8 Å². The van der Waals surface area contributed by atoms with Crippen LogP contribution >= 0.6 is 11.3 Å². The molecule has 3 aromatic rings. The molecule has 4 rings (SSSR count). The first-order valence-electron chi connectivity index (χ1n) is 9.72. The van der Waals surface area contributed by atoms with Crippen LogP contribution in [0.3, 0.4) is 0 Å². The summed E-state index contributed by atoms with van der Waals surface area (Å²) in [6.07, 6.45) is 1.50. The molecule has 0 spiro atoms. The van der Waals surface area contributed by atoms with Crippen molar-refractivity contribution in [2.24, 2.45) is 5.92 Å². The molecule has 0 atom stereocenters. The SMILES string of the molecule is CS(=O)(=O)c1ccccc1S(=O)(=O)N1CCC(C(=O)Nc2nc3c(F)cccc3s2)CC1. The van der Waals surface area contributed by atoms with E-state index in [1.165, 1.54) is 34.6 Å². The van der Waals surface area contributed by atoms with Gasteiger partial charge in [-0.1, -0.05) is 29.5 Å². The summed E-state index contributed by atoms with van der Waals surface area (Å²) < 4.78 is 65.8. The van der Waals surface area contributed by atoms with Gasteiger partial charge in [0.1, 0.15) is 16.2 Å². The van der Waals surface area contributed by atoms with Crippen LogP contribution in [0.2, 0.25) is 0 Å². The summed E-state index contributed by atoms with van der Waals surface area (Å²) >= 11 is 1.16. The summed E-state index contributed by atoms with van der Waals surface area (Å²) in [6, 6.07) is 10.1. The van der Waals surface area contributed by atoms with E-state index in [2.05, 4.69) is 10.3 Å². The second-order valence-electron chi connectivity index (χ2n) is 7.49. The molecule has 1 fully saturated rings. The van der Waals surface area contributed by atoms with Gasteiger partial charge in [-0.3, -0.25) is 4.79 Å². The van der Waals surface area contributed by atoms with Crippen LogP contribution in [0.15, 0.2) is 52.3 Å². The average Bonchev–Trinajstić information content (AvgIpc) is 3.17. The summed E-state index contributed by atoms with van der Waals surface area (Å²) in [6.45, 7) is 0.153. The van der Waals surface area contributed by atoms with Crippen LogP contribution in [0.5, 0.6) is 0 Å². The number of thiazole rings is 1. The lowest BCUT2D eigenvalue weighted by molar-refractivity contribution is -0.120. The third-order valence-electron chi connectivity index (χ3n) is 5.29. The van der Waals surface area contributed by atoms with Gasteiger partial charge in [-0.25, -0.2) is 26.2 Å². The van der Waals surface area contributed by atoms with Crippen LogP contribution in [0.25, 0.3) is 10.2 Å². The highest BCUT2D eigenvalue weighted by molar-refractivity contribution is 7.93. The molecule has 0 saturated carbocycles. The van der Waals surface area contributed by atoms with Gasteiger partial charge in [0.05, 0.1) is 9.60 Å². The van der Waals surface area contributed by atoms with E-state index in [0.717, 1.165) is 17.6 Å². The number of hydrogen-bond donors (Lipinski definition) is 1. The van der Waals surface area contributed by atoms with Gasteiger partial charge in [0.15, 0.2) is 15.0 Å². The van der Waals surface area contributed by atoms with Crippen LogP contribution in [-0.4, -0.2) is 51.4 Å². The van der Waals surface area contributed by atoms with Crippen molar-refractivity contribution >= 4 is 52.5 Å². The van der Waals surface area contributed by atoms with Gasteiger partial charge in [0.2, 0.25) is 15.9 Å². The Morgan fingerprint density at radius 2 is 1.72 bits per heavy atom. The van der Waals surface area contributed by atoms with Crippen molar-refractivity contribution in [3.63, 3.8) is 0 Å². The fourth-order valence-electron chi connectivity index (χ4n) is 3.64. The number of para-hydroxylation sites is 1. The van der Waals surface area contributed by atoms with E-state index in [4.69, 9.17) is 0 Å². The number of piperidine rings is 1. The number of fused-ring (bicyclic) bond motifs is 1. The Bertz CT molecular complexity index is 1390. The number of carbonyl (C=O) groups is 1. The minimum absolute atomic E-state index is 0.0764. The normalized spacial score (nSPS) is 16.3. The Morgan fingerprint density at radius 1 is 1.06 bits per heavy atom. The number of sulfonamides is 1. The van der Waals surface area contributed by atoms with Gasteiger partial charge in [0, 0.05) is 25.3 Å². The third-order valence-corrected chi connectivity index (χ3v) is 9.47. The molecule has 1 aliphatic heterocycles. The van der Waals surface area contributed by atoms with Crippen molar-refractivity contribution in [3.8, 4) is 0 Å². The Morgan fingerprint density at radius 3 is 2.34 bits per heavy atom. The quantitative estimate of drug-likeness (QED) is 0.580. The fourth-order valence-corrected chi connectivity index (χ4v) is 7.60. The lowest BCUT2D eigenvalue weighted by atomic mass is 9.97. The number of amides is 1. The van der Waals surface area contributed by atoms with E-state index in [-0.39, 0.29) is 52.3 Å². The Hall–Kier alpha value is -2.41. The largest absolute Gasteiger partial charge is 0.302 e. The average molecular weight is 498 g/mol. The number of anilines is 1. The number of nitrogens with one attached hydrogen (secondary N) is 1. The van der Waals surface area contributed by atoms with E-state index >= 15 is 0 Å². The number of halogens is 1. The molecule has 1 aliphatic rings. The zero-order valence-electron chi connectivity index (χ0n) is 17.0. The maximum atomic E-state index is 13.8. The maximum Gasteiger partial charge on any atom is 0.244 e. The molecular weight excluding hydrogens is 477 g/mol. The monoisotopic (exact) mass is 497 g/mol. The van der Waals surface area contributed by atoms with Crippen molar-refractivity contribution in [2.75, 3.05) is 24.7 Å². The number of aromatic nitrogens is 1. The summed E-state index contributed by atoms with van der Waals surface area (Å²) in [7, 11) is -7.77. The second kappa shape index (κ2) is 8.50. The van der Waals surface area contributed by atoms with Crippen molar-refractivity contribution in [3.05, 3.63) is 48.3 Å². The van der Waals surface area contributed by atoms with Gasteiger partial charge in [0.25, 0.3) is 0 Å². The summed E-state index contributed by atoms with van der Waals surface area (Å²) in [5, 5.41) is 2.98. The van der Waals surface area contributed by atoms with Gasteiger partial charge in [-0.2, -0.15) is 4.31 Å². The molecule has 0 aliphatic carbocycles. The second-order valence-corrected chi connectivity index (χ2v) is 12.4. The molecule has 0 unspecified atom stereocenters. The van der Waals surface area contributed by atoms with E-state index in [0.29, 0.717) is 4.70 Å². The molecule has 8 nitrogen and oxygen atoms in total. The molecule has 12 heteroatoms. The number of hydrogen-bond acceptors (Lipinski definition) is 7. The number of rotatable bonds is 5. The van der Waals surface area contributed by atoms with Crippen LogP contribution < -0.4 is 5.32 Å². The van der Waals surface area contributed by atoms with Crippen molar-refractivity contribution in [1.82, 2.24) is 9.29 Å². The molecule has 0 bridgehead atoms. The minimum atomic E-state index is -4.04. The zero-order valence-corrected chi connectivity index (χ0v) is 19.4. The summed E-state index contributed by atoms with van der Waals surface area (Å²) in [5.41, 5.74) is 0.193. The van der Waals surface area contributed by atoms with Crippen LogP contribution in [0, 0.1) is 11.7 Å². The van der Waals surface area contributed by atoms with Crippen molar-refractivity contribution in [1.29, 1.82) is 0 Å². The van der Waals surface area contributed by atoms with E-state index in [9.17, 15) is 26.0 Å². The third kappa shape index (κ3) is 4.40. The van der Waals surface area contributed by atoms with Gasteiger partial charge in [-0.15, -0.1) is 0 Å². The van der Waals surface area contributed by atoms with E-state index in [1.807, 2.05) is 0 Å². The molecule has 32 heavy (non-hydrogen) atoms. The van der Waals surface area contributed by atoms with Gasteiger partial charge < -0.3 is 5.32 Å². The molecule has 170 valence electrons. The standard InChI is InChI=1S/C20H20FN3O5S3/c1-31(26,27)16-7-2-3-8-17(16)32(28,29)24-11-9-13(10-12-24)19(25)23-20-22-18-14(21)5-4-6-15(18)30-20/h2-8,13H,9-12H2,1H3,(H,22,23,25). The minimum Gasteiger partial charge on any atom is -0.302 e. The number of benzene rings is 2. The van der Waals surface area contributed by atoms with E-state index < -0.39 is 31.6 Å². The number of carbonyl (C=O) groups excluding carboxylic acids is 1. The molecule has 1 N–H and O–H groups in total. The molecular formula is C20H20FN3O5S3. The highest BCUT2D eigenvalue weighted by Gasteiger charge is 2.34. The van der Waals surface area contributed by atoms with Crippen molar-refractivity contribution < 1.29 is 26.0 Å². The first-order valence-corrected chi connectivity index (χ1v) is 13.9. The van der Waals surface area contributed by atoms with Crippen molar-refractivity contribution in [2.45, 2.75) is 22.6 Å². The fraction of sp³-hybridized carbons (Fsp3) is 0.300. The van der Waals surface area contributed by atoms with Gasteiger partial charge in [-0.05, 0) is 37.1 Å². The Kier molecular flexibility index (Phi) is 6.05. The first kappa shape index (κ1) is 22.8. The molecule has 1 saturated heterocycles. The Balaban J connectivity index is 1.46. The molecule has 1 aromatic heterocycles. The highest BCUT2D eigenvalue weighted by atomic mass is 32.2. The maximum absolute atomic E-state index is 13.8. The van der Waals surface area contributed by atoms with E-state index in [1.54, 1.807) is 12.1 Å². The molecule has 0 radical (unpaired) electrons. The topological polar surface area (TPSA) is 114 Å². The zero-order chi connectivity index (χ0) is 23.1. The lowest BCUT2D eigenvalue weighted by Gasteiger charge is -2.30. The summed E-state index contributed by atoms with van der Waals surface area (Å²) in [4.78, 5) is 16.3. The smallest absolute Gasteiger partial charge is 0.244 e. The van der Waals surface area contributed by atoms with Crippen LogP contribution in [-0.2, 0) is 24.7 Å². The lowest BCUT2D eigenvalue weighted by Crippen LogP contribution is -2.41. The predicted octanol–water partition coefficient (Wildman–Crippen LogP) is 2.88. The number of nitrogens with zero attached hydrogens (tertiary/aromatic N) is 2. The summed E-state index contributed by atoms with van der Waals surface area (Å²) in [5.74, 6) is -1.21.